The summed E-state index contributed by atoms with van der Waals surface area (Å²) in [6.45, 7) is 4.38. The van der Waals surface area contributed by atoms with Gasteiger partial charge in [0.25, 0.3) is 0 Å². The number of hydrogen-bond acceptors (Lipinski definition) is 4. The molecule has 0 atom stereocenters. The largest absolute Gasteiger partial charge is 0.309 e. The number of fused-ring (bicyclic) bond motifs is 3. The van der Waals surface area contributed by atoms with Gasteiger partial charge >= 0.3 is 0 Å². The topological polar surface area (TPSA) is 56.5 Å². The van der Waals surface area contributed by atoms with Gasteiger partial charge in [-0.1, -0.05) is 48.5 Å². The molecule has 0 saturated heterocycles. The lowest BCUT2D eigenvalue weighted by atomic mass is 9.95. The van der Waals surface area contributed by atoms with Gasteiger partial charge in [0.15, 0.2) is 0 Å². The molecule has 0 aliphatic carbocycles. The summed E-state index contributed by atoms with van der Waals surface area (Å²) in [7, 11) is 0. The van der Waals surface area contributed by atoms with E-state index < -0.39 is 0 Å². The van der Waals surface area contributed by atoms with E-state index in [2.05, 4.69) is 117 Å². The molecule has 7 rings (SSSR count). The summed E-state index contributed by atoms with van der Waals surface area (Å²) in [6, 6.07) is 28.5. The highest BCUT2D eigenvalue weighted by molar-refractivity contribution is 6.11. The van der Waals surface area contributed by atoms with E-state index >= 15 is 0 Å². The van der Waals surface area contributed by atoms with Crippen LogP contribution in [-0.2, 0) is 0 Å². The highest BCUT2D eigenvalue weighted by Gasteiger charge is 2.16. The van der Waals surface area contributed by atoms with E-state index in [-0.39, 0.29) is 0 Å². The average molecular weight is 504 g/mol. The van der Waals surface area contributed by atoms with E-state index in [1.54, 1.807) is 12.7 Å². The van der Waals surface area contributed by atoms with E-state index in [0.717, 1.165) is 39.1 Å². The number of hydrogen-bond donors (Lipinski definition) is 0. The van der Waals surface area contributed by atoms with Crippen LogP contribution in [0.15, 0.2) is 116 Å². The van der Waals surface area contributed by atoms with E-state index in [1.165, 1.54) is 32.9 Å². The summed E-state index contributed by atoms with van der Waals surface area (Å²) in [6.07, 6.45) is 10.5. The highest BCUT2D eigenvalue weighted by Crippen LogP contribution is 2.37. The predicted octanol–water partition coefficient (Wildman–Crippen LogP) is 7.98. The van der Waals surface area contributed by atoms with E-state index in [1.807, 2.05) is 24.8 Å². The molecule has 7 aromatic rings. The van der Waals surface area contributed by atoms with Gasteiger partial charge in [-0.2, -0.15) is 0 Å². The van der Waals surface area contributed by atoms with Gasteiger partial charge in [0.05, 0.1) is 11.0 Å². The second-order valence-electron chi connectivity index (χ2n) is 9.88. The van der Waals surface area contributed by atoms with E-state index in [0.29, 0.717) is 0 Å². The Kier molecular flexibility index (Phi) is 5.48. The van der Waals surface area contributed by atoms with Crippen LogP contribution >= 0.6 is 0 Å². The first-order chi connectivity index (χ1) is 19.2. The number of rotatable bonds is 4. The van der Waals surface area contributed by atoms with E-state index in [9.17, 15) is 0 Å². The maximum Gasteiger partial charge on any atom is 0.115 e. The van der Waals surface area contributed by atoms with Crippen LogP contribution in [0.2, 0.25) is 0 Å². The maximum absolute atomic E-state index is 4.23. The number of aryl methyl sites for hydroxylation is 2. The molecule has 39 heavy (non-hydrogen) atoms. The number of para-hydroxylation sites is 2. The number of aromatic nitrogens is 5. The zero-order valence-electron chi connectivity index (χ0n) is 21.7. The first-order valence-electron chi connectivity index (χ1n) is 12.9. The smallest absolute Gasteiger partial charge is 0.115 e. The first-order valence-corrected chi connectivity index (χ1v) is 12.9. The quantitative estimate of drug-likeness (QED) is 0.244. The molecule has 0 unspecified atom stereocenters. The Bertz CT molecular complexity index is 1840. The average Bonchev–Trinajstić information content (AvgIpc) is 3.35. The van der Waals surface area contributed by atoms with Gasteiger partial charge in [0.2, 0.25) is 0 Å². The van der Waals surface area contributed by atoms with Crippen molar-refractivity contribution >= 4 is 21.8 Å². The van der Waals surface area contributed by atoms with Gasteiger partial charge < -0.3 is 4.57 Å². The molecule has 0 amide bonds. The lowest BCUT2D eigenvalue weighted by molar-refractivity contribution is 1.16. The third-order valence-corrected chi connectivity index (χ3v) is 7.39. The molecule has 0 spiro atoms. The Balaban J connectivity index is 1.39. The van der Waals surface area contributed by atoms with Crippen molar-refractivity contribution in [3.8, 4) is 39.1 Å². The van der Waals surface area contributed by atoms with Crippen LogP contribution in [0.3, 0.4) is 0 Å². The summed E-state index contributed by atoms with van der Waals surface area (Å²) in [5.74, 6) is 0. The lowest BCUT2D eigenvalue weighted by Crippen LogP contribution is -1.96. The molecule has 5 heteroatoms. The second-order valence-corrected chi connectivity index (χ2v) is 9.88. The molecule has 0 radical (unpaired) electrons. The predicted molar refractivity (Wildman–Crippen MR) is 158 cm³/mol. The van der Waals surface area contributed by atoms with Crippen molar-refractivity contribution in [2.24, 2.45) is 0 Å². The Morgan fingerprint density at radius 2 is 0.897 bits per heavy atom. The SMILES string of the molecule is Cc1cccc2c3cccc(C)c3n(-c3ccc(-c4cc(-c5cncnc5)cc(-c5cncnc5)c4)cc3)c12. The Hall–Kier alpha value is -5.16. The molecule has 3 aromatic heterocycles. The standard InChI is InChI=1S/C34H25N5/c1-22-5-3-7-31-32-8-4-6-23(2)34(32)39(33(22)31)30-11-9-24(10-12-30)25-13-26(28-16-35-20-36-17-28)15-27(14-25)29-18-37-21-38-19-29/h3-21H,1-2H3. The molecule has 0 bridgehead atoms. The van der Waals surface area contributed by atoms with Crippen LogP contribution in [0.5, 0.6) is 0 Å². The molecule has 0 fully saturated rings. The van der Waals surface area contributed by atoms with Crippen LogP contribution in [0.1, 0.15) is 11.1 Å². The number of benzene rings is 4. The summed E-state index contributed by atoms with van der Waals surface area (Å²) in [4.78, 5) is 16.9. The minimum absolute atomic E-state index is 0.963. The normalized spacial score (nSPS) is 11.3. The molecular weight excluding hydrogens is 478 g/mol. The molecule has 5 nitrogen and oxygen atoms in total. The minimum atomic E-state index is 0.963. The van der Waals surface area contributed by atoms with Crippen LogP contribution in [0.4, 0.5) is 0 Å². The summed E-state index contributed by atoms with van der Waals surface area (Å²) in [5, 5.41) is 2.57. The van der Waals surface area contributed by atoms with Gasteiger partial charge in [-0.15, -0.1) is 0 Å². The zero-order valence-corrected chi connectivity index (χ0v) is 21.7. The summed E-state index contributed by atoms with van der Waals surface area (Å²) in [5.41, 5.74) is 12.4. The molecule has 0 aliphatic rings. The summed E-state index contributed by atoms with van der Waals surface area (Å²) >= 11 is 0. The number of nitrogens with zero attached hydrogens (tertiary/aromatic N) is 5. The van der Waals surface area contributed by atoms with Crippen molar-refractivity contribution < 1.29 is 0 Å². The van der Waals surface area contributed by atoms with Crippen molar-refractivity contribution in [1.82, 2.24) is 24.5 Å². The summed E-state index contributed by atoms with van der Waals surface area (Å²) < 4.78 is 2.41. The molecule has 0 saturated carbocycles. The van der Waals surface area contributed by atoms with Gasteiger partial charge in [-0.25, -0.2) is 19.9 Å². The zero-order chi connectivity index (χ0) is 26.3. The third-order valence-electron chi connectivity index (χ3n) is 7.39. The molecule has 0 aliphatic heterocycles. The third kappa shape index (κ3) is 3.96. The fourth-order valence-electron chi connectivity index (χ4n) is 5.54. The maximum atomic E-state index is 4.23. The van der Waals surface area contributed by atoms with Crippen molar-refractivity contribution in [2.75, 3.05) is 0 Å². The Morgan fingerprint density at radius 1 is 0.462 bits per heavy atom. The fourth-order valence-corrected chi connectivity index (χ4v) is 5.54. The molecular formula is C34H25N5. The second kappa shape index (κ2) is 9.30. The minimum Gasteiger partial charge on any atom is -0.309 e. The molecule has 0 N–H and O–H groups in total. The monoisotopic (exact) mass is 503 g/mol. The van der Waals surface area contributed by atoms with Crippen molar-refractivity contribution in [1.29, 1.82) is 0 Å². The molecule has 4 aromatic carbocycles. The van der Waals surface area contributed by atoms with Crippen LogP contribution < -0.4 is 0 Å². The highest BCUT2D eigenvalue weighted by atomic mass is 15.0. The molecule has 186 valence electrons. The van der Waals surface area contributed by atoms with Crippen LogP contribution in [0.25, 0.3) is 60.9 Å². The van der Waals surface area contributed by atoms with E-state index in [4.69, 9.17) is 0 Å². The van der Waals surface area contributed by atoms with Crippen molar-refractivity contribution in [3.63, 3.8) is 0 Å². The first kappa shape index (κ1) is 23.0. The van der Waals surface area contributed by atoms with Gasteiger partial charge in [-0.05, 0) is 77.6 Å². The Labute approximate surface area is 226 Å². The van der Waals surface area contributed by atoms with Crippen molar-refractivity contribution in [3.05, 3.63) is 127 Å². The van der Waals surface area contributed by atoms with Gasteiger partial charge in [-0.3, -0.25) is 0 Å². The van der Waals surface area contributed by atoms with Gasteiger partial charge in [0, 0.05) is 52.4 Å². The fraction of sp³-hybridized carbons (Fsp3) is 0.0588. The Morgan fingerprint density at radius 3 is 1.36 bits per heavy atom. The van der Waals surface area contributed by atoms with Gasteiger partial charge in [0.1, 0.15) is 12.7 Å². The van der Waals surface area contributed by atoms with Crippen LogP contribution in [-0.4, -0.2) is 24.5 Å². The van der Waals surface area contributed by atoms with Crippen molar-refractivity contribution in [2.45, 2.75) is 13.8 Å². The molecule has 3 heterocycles. The van der Waals surface area contributed by atoms with Crippen LogP contribution in [0, 0.1) is 13.8 Å². The lowest BCUT2D eigenvalue weighted by Gasteiger charge is -2.13.